The normalized spacial score (nSPS) is 10.5. The fraction of sp³-hybridized carbons (Fsp3) is 0.308. The SMILES string of the molecule is CC(=O)NCCC#Cc1ccc(C(F)(F)F)cc1N. The second kappa shape index (κ2) is 6.14. The number of carbonyl (C=O) groups is 1. The Kier molecular flexibility index (Phi) is 4.81. The second-order valence-electron chi connectivity index (χ2n) is 3.83. The molecule has 0 aliphatic carbocycles. The molecule has 0 aliphatic rings. The lowest BCUT2D eigenvalue weighted by atomic mass is 10.1. The summed E-state index contributed by atoms with van der Waals surface area (Å²) >= 11 is 0. The summed E-state index contributed by atoms with van der Waals surface area (Å²) in [6.07, 6.45) is -4.01. The second-order valence-corrected chi connectivity index (χ2v) is 3.83. The number of nitrogen functional groups attached to an aromatic ring is 1. The van der Waals surface area contributed by atoms with Crippen LogP contribution in [-0.2, 0) is 11.0 Å². The number of hydrogen-bond acceptors (Lipinski definition) is 2. The molecule has 3 nitrogen and oxygen atoms in total. The molecule has 0 fully saturated rings. The van der Waals surface area contributed by atoms with Crippen LogP contribution in [0.1, 0.15) is 24.5 Å². The Labute approximate surface area is 109 Å². The quantitative estimate of drug-likeness (QED) is 0.491. The number of nitrogens with two attached hydrogens (primary N) is 1. The van der Waals surface area contributed by atoms with Gasteiger partial charge in [0, 0.05) is 31.1 Å². The first-order chi connectivity index (χ1) is 8.80. The van der Waals surface area contributed by atoms with Gasteiger partial charge in [-0.05, 0) is 18.2 Å². The van der Waals surface area contributed by atoms with Crippen LogP contribution in [-0.4, -0.2) is 12.5 Å². The van der Waals surface area contributed by atoms with E-state index < -0.39 is 11.7 Å². The fourth-order valence-electron chi connectivity index (χ4n) is 1.31. The molecule has 0 aromatic heterocycles. The fourth-order valence-corrected chi connectivity index (χ4v) is 1.31. The van der Waals surface area contributed by atoms with Gasteiger partial charge in [-0.2, -0.15) is 13.2 Å². The molecule has 1 rings (SSSR count). The first-order valence-corrected chi connectivity index (χ1v) is 5.50. The van der Waals surface area contributed by atoms with Crippen LogP contribution in [0.3, 0.4) is 0 Å². The van der Waals surface area contributed by atoms with E-state index in [-0.39, 0.29) is 11.6 Å². The maximum absolute atomic E-state index is 12.4. The van der Waals surface area contributed by atoms with Crippen molar-refractivity contribution in [2.45, 2.75) is 19.5 Å². The Morgan fingerprint density at radius 1 is 1.42 bits per heavy atom. The van der Waals surface area contributed by atoms with E-state index in [0.29, 0.717) is 18.5 Å². The van der Waals surface area contributed by atoms with Crippen molar-refractivity contribution >= 4 is 11.6 Å². The van der Waals surface area contributed by atoms with Crippen molar-refractivity contribution in [2.24, 2.45) is 0 Å². The minimum absolute atomic E-state index is 0.0122. The molecule has 0 saturated heterocycles. The van der Waals surface area contributed by atoms with Crippen molar-refractivity contribution < 1.29 is 18.0 Å². The molecule has 0 atom stereocenters. The van der Waals surface area contributed by atoms with E-state index in [4.69, 9.17) is 5.73 Å². The van der Waals surface area contributed by atoms with Crippen LogP contribution in [0, 0.1) is 11.8 Å². The zero-order chi connectivity index (χ0) is 14.5. The standard InChI is InChI=1S/C13H13F3N2O/c1-9(19)18-7-3-2-4-10-5-6-11(8-12(10)17)13(14,15)16/h5-6,8H,3,7,17H2,1H3,(H,18,19). The molecule has 0 aliphatic heterocycles. The average molecular weight is 270 g/mol. The van der Waals surface area contributed by atoms with Gasteiger partial charge < -0.3 is 11.1 Å². The lowest BCUT2D eigenvalue weighted by Crippen LogP contribution is -2.20. The monoisotopic (exact) mass is 270 g/mol. The molecule has 1 amide bonds. The Hall–Kier alpha value is -2.16. The predicted molar refractivity (Wildman–Crippen MR) is 66.0 cm³/mol. The molecule has 0 bridgehead atoms. The van der Waals surface area contributed by atoms with Crippen LogP contribution in [0.25, 0.3) is 0 Å². The van der Waals surface area contributed by atoms with Gasteiger partial charge in [0.15, 0.2) is 0 Å². The number of alkyl halides is 3. The Morgan fingerprint density at radius 3 is 2.63 bits per heavy atom. The van der Waals surface area contributed by atoms with Crippen molar-refractivity contribution in [2.75, 3.05) is 12.3 Å². The summed E-state index contributed by atoms with van der Waals surface area (Å²) in [7, 11) is 0. The topological polar surface area (TPSA) is 55.1 Å². The van der Waals surface area contributed by atoms with Gasteiger partial charge in [-0.3, -0.25) is 4.79 Å². The van der Waals surface area contributed by atoms with Crippen molar-refractivity contribution in [3.8, 4) is 11.8 Å². The first kappa shape index (κ1) is 14.9. The highest BCUT2D eigenvalue weighted by Crippen LogP contribution is 2.31. The van der Waals surface area contributed by atoms with Crippen LogP contribution in [0.15, 0.2) is 18.2 Å². The van der Waals surface area contributed by atoms with E-state index in [9.17, 15) is 18.0 Å². The van der Waals surface area contributed by atoms with Gasteiger partial charge in [0.25, 0.3) is 0 Å². The summed E-state index contributed by atoms with van der Waals surface area (Å²) in [5.41, 5.74) is 5.04. The predicted octanol–water partition coefficient (Wildman–Crippen LogP) is 2.17. The number of amides is 1. The molecule has 1 aromatic rings. The zero-order valence-electron chi connectivity index (χ0n) is 10.3. The maximum atomic E-state index is 12.4. The molecule has 0 radical (unpaired) electrons. The summed E-state index contributed by atoms with van der Waals surface area (Å²) < 4.78 is 37.2. The number of rotatable bonds is 2. The number of hydrogen-bond donors (Lipinski definition) is 2. The van der Waals surface area contributed by atoms with Crippen molar-refractivity contribution in [3.63, 3.8) is 0 Å². The van der Waals surface area contributed by atoms with Crippen molar-refractivity contribution in [1.29, 1.82) is 0 Å². The summed E-state index contributed by atoms with van der Waals surface area (Å²) in [6.45, 7) is 1.78. The maximum Gasteiger partial charge on any atom is 0.416 e. The van der Waals surface area contributed by atoms with Crippen molar-refractivity contribution in [3.05, 3.63) is 29.3 Å². The number of benzene rings is 1. The van der Waals surface area contributed by atoms with Crippen LogP contribution in [0.5, 0.6) is 0 Å². The molecular weight excluding hydrogens is 257 g/mol. The Balaban J connectivity index is 2.71. The van der Waals surface area contributed by atoms with Crippen LogP contribution in [0.4, 0.5) is 18.9 Å². The third kappa shape index (κ3) is 4.92. The number of halogens is 3. The Morgan fingerprint density at radius 2 is 2.11 bits per heavy atom. The molecule has 19 heavy (non-hydrogen) atoms. The average Bonchev–Trinajstić information content (AvgIpc) is 2.28. The van der Waals surface area contributed by atoms with Gasteiger partial charge in [0.1, 0.15) is 0 Å². The summed E-state index contributed by atoms with van der Waals surface area (Å²) in [5.74, 6) is 5.25. The first-order valence-electron chi connectivity index (χ1n) is 5.50. The minimum atomic E-state index is -4.41. The third-order valence-corrected chi connectivity index (χ3v) is 2.23. The summed E-state index contributed by atoms with van der Waals surface area (Å²) in [6, 6.07) is 3.04. The molecule has 0 spiro atoms. The van der Waals surface area contributed by atoms with Gasteiger partial charge in [-0.15, -0.1) is 0 Å². The van der Waals surface area contributed by atoms with Gasteiger partial charge in [0.2, 0.25) is 5.91 Å². The van der Waals surface area contributed by atoms with E-state index in [2.05, 4.69) is 17.2 Å². The number of anilines is 1. The molecule has 0 heterocycles. The van der Waals surface area contributed by atoms with Gasteiger partial charge >= 0.3 is 6.18 Å². The smallest absolute Gasteiger partial charge is 0.398 e. The highest BCUT2D eigenvalue weighted by molar-refractivity contribution is 5.72. The number of carbonyl (C=O) groups excluding carboxylic acids is 1. The van der Waals surface area contributed by atoms with E-state index >= 15 is 0 Å². The van der Waals surface area contributed by atoms with Crippen LogP contribution >= 0.6 is 0 Å². The van der Waals surface area contributed by atoms with Gasteiger partial charge in [-0.25, -0.2) is 0 Å². The van der Waals surface area contributed by atoms with Gasteiger partial charge in [-0.1, -0.05) is 11.8 Å². The van der Waals surface area contributed by atoms with Crippen molar-refractivity contribution in [1.82, 2.24) is 5.32 Å². The molecule has 1 aromatic carbocycles. The van der Waals surface area contributed by atoms with E-state index in [1.165, 1.54) is 13.0 Å². The van der Waals surface area contributed by atoms with E-state index in [0.717, 1.165) is 12.1 Å². The largest absolute Gasteiger partial charge is 0.416 e. The van der Waals surface area contributed by atoms with Gasteiger partial charge in [0.05, 0.1) is 5.56 Å². The lowest BCUT2D eigenvalue weighted by Gasteiger charge is -2.07. The molecule has 3 N–H and O–H groups in total. The number of nitrogens with one attached hydrogen (secondary N) is 1. The van der Waals surface area contributed by atoms with E-state index in [1.807, 2.05) is 0 Å². The van der Waals surface area contributed by atoms with Crippen LogP contribution < -0.4 is 11.1 Å². The lowest BCUT2D eigenvalue weighted by molar-refractivity contribution is -0.137. The molecule has 102 valence electrons. The third-order valence-electron chi connectivity index (χ3n) is 2.23. The summed E-state index contributed by atoms with van der Waals surface area (Å²) in [5, 5.41) is 2.55. The molecule has 0 saturated carbocycles. The Bertz CT molecular complexity index is 527. The summed E-state index contributed by atoms with van der Waals surface area (Å²) in [4.78, 5) is 10.6. The zero-order valence-corrected chi connectivity index (χ0v) is 10.3. The van der Waals surface area contributed by atoms with Crippen LogP contribution in [0.2, 0.25) is 0 Å². The molecule has 0 unspecified atom stereocenters. The minimum Gasteiger partial charge on any atom is -0.398 e. The molecular formula is C13H13F3N2O. The highest BCUT2D eigenvalue weighted by Gasteiger charge is 2.30. The molecule has 6 heteroatoms. The van der Waals surface area contributed by atoms with E-state index in [1.54, 1.807) is 0 Å². The highest BCUT2D eigenvalue weighted by atomic mass is 19.4.